The van der Waals surface area contributed by atoms with Crippen molar-refractivity contribution in [1.29, 1.82) is 0 Å². The molecule has 0 spiro atoms. The van der Waals surface area contributed by atoms with Crippen LogP contribution in [0.25, 0.3) is 21.9 Å². The van der Waals surface area contributed by atoms with Crippen molar-refractivity contribution >= 4 is 16.7 Å². The van der Waals surface area contributed by atoms with E-state index < -0.39 is 5.97 Å². The van der Waals surface area contributed by atoms with E-state index in [2.05, 4.69) is 4.98 Å². The van der Waals surface area contributed by atoms with Gasteiger partial charge < -0.3 is 9.84 Å². The Morgan fingerprint density at radius 1 is 1.10 bits per heavy atom. The summed E-state index contributed by atoms with van der Waals surface area (Å²) in [5, 5.41) is 11.3. The molecule has 0 saturated carbocycles. The normalized spacial score (nSPS) is 10.5. The second-order valence-electron chi connectivity index (χ2n) is 4.65. The molecular weight excluding hydrogens is 266 g/mol. The zero-order valence-electron chi connectivity index (χ0n) is 11.4. The Kier molecular flexibility index (Phi) is 3.28. The van der Waals surface area contributed by atoms with Crippen LogP contribution in [0.15, 0.2) is 54.9 Å². The molecule has 4 heteroatoms. The van der Waals surface area contributed by atoms with E-state index in [1.54, 1.807) is 13.3 Å². The standard InChI is InChI=1S/C17H13NO3/c1-21-14-5-4-11-8-13(3-2-12(11)9-14)16-10-18-7-6-15(16)17(19)20/h2-10H,1H3,(H,19,20). The molecule has 0 fully saturated rings. The number of fused-ring (bicyclic) bond motifs is 1. The second kappa shape index (κ2) is 5.25. The summed E-state index contributed by atoms with van der Waals surface area (Å²) in [6.07, 6.45) is 3.06. The number of methoxy groups -OCH3 is 1. The maximum absolute atomic E-state index is 11.3. The topological polar surface area (TPSA) is 59.4 Å². The average Bonchev–Trinajstić information content (AvgIpc) is 2.53. The Morgan fingerprint density at radius 2 is 1.86 bits per heavy atom. The lowest BCUT2D eigenvalue weighted by atomic mass is 9.99. The van der Waals surface area contributed by atoms with Crippen LogP contribution in [0.5, 0.6) is 5.75 Å². The predicted octanol–water partition coefficient (Wildman–Crippen LogP) is 3.61. The number of carbonyl (C=O) groups is 1. The molecule has 0 atom stereocenters. The van der Waals surface area contributed by atoms with Crippen molar-refractivity contribution in [3.8, 4) is 16.9 Å². The summed E-state index contributed by atoms with van der Waals surface area (Å²) < 4.78 is 5.20. The van der Waals surface area contributed by atoms with Gasteiger partial charge in [0.1, 0.15) is 5.75 Å². The van der Waals surface area contributed by atoms with E-state index in [9.17, 15) is 9.90 Å². The van der Waals surface area contributed by atoms with Crippen molar-refractivity contribution in [3.05, 3.63) is 60.4 Å². The molecule has 1 heterocycles. The molecule has 0 aliphatic heterocycles. The molecule has 0 amide bonds. The minimum Gasteiger partial charge on any atom is -0.497 e. The number of carboxylic acid groups (broad SMARTS) is 1. The first-order chi connectivity index (χ1) is 10.2. The van der Waals surface area contributed by atoms with Crippen molar-refractivity contribution in [3.63, 3.8) is 0 Å². The van der Waals surface area contributed by atoms with Gasteiger partial charge in [0, 0.05) is 18.0 Å². The molecule has 21 heavy (non-hydrogen) atoms. The van der Waals surface area contributed by atoms with E-state index >= 15 is 0 Å². The summed E-state index contributed by atoms with van der Waals surface area (Å²) in [5.41, 5.74) is 1.69. The van der Waals surface area contributed by atoms with E-state index in [4.69, 9.17) is 4.74 Å². The summed E-state index contributed by atoms with van der Waals surface area (Å²) in [6.45, 7) is 0. The highest BCUT2D eigenvalue weighted by molar-refractivity contribution is 5.97. The minimum atomic E-state index is -0.956. The van der Waals surface area contributed by atoms with Crippen LogP contribution in [0, 0.1) is 0 Å². The lowest BCUT2D eigenvalue weighted by Crippen LogP contribution is -1.99. The fourth-order valence-corrected chi connectivity index (χ4v) is 2.33. The number of carboxylic acids is 1. The molecular formula is C17H13NO3. The molecule has 0 aliphatic carbocycles. The van der Waals surface area contributed by atoms with Crippen LogP contribution in [0.4, 0.5) is 0 Å². The number of hydrogen-bond donors (Lipinski definition) is 1. The van der Waals surface area contributed by atoms with Crippen LogP contribution in [0.1, 0.15) is 10.4 Å². The first-order valence-corrected chi connectivity index (χ1v) is 6.44. The van der Waals surface area contributed by atoms with E-state index in [1.165, 1.54) is 12.3 Å². The van der Waals surface area contributed by atoms with Crippen LogP contribution in [0.3, 0.4) is 0 Å². The number of nitrogens with zero attached hydrogens (tertiary/aromatic N) is 1. The van der Waals surface area contributed by atoms with Gasteiger partial charge in [-0.1, -0.05) is 18.2 Å². The number of aromatic carboxylic acids is 1. The molecule has 0 unspecified atom stereocenters. The van der Waals surface area contributed by atoms with Gasteiger partial charge in [-0.15, -0.1) is 0 Å². The third-order valence-electron chi connectivity index (χ3n) is 3.41. The van der Waals surface area contributed by atoms with Gasteiger partial charge in [-0.2, -0.15) is 0 Å². The van der Waals surface area contributed by atoms with Gasteiger partial charge >= 0.3 is 5.97 Å². The van der Waals surface area contributed by atoms with E-state index in [-0.39, 0.29) is 5.56 Å². The van der Waals surface area contributed by atoms with Crippen molar-refractivity contribution in [1.82, 2.24) is 4.98 Å². The second-order valence-corrected chi connectivity index (χ2v) is 4.65. The van der Waals surface area contributed by atoms with Crippen LogP contribution in [-0.4, -0.2) is 23.2 Å². The molecule has 3 aromatic rings. The zero-order chi connectivity index (χ0) is 14.8. The molecule has 2 aromatic carbocycles. The Hall–Kier alpha value is -2.88. The van der Waals surface area contributed by atoms with Crippen molar-refractivity contribution in [2.45, 2.75) is 0 Å². The maximum atomic E-state index is 11.3. The van der Waals surface area contributed by atoms with Gasteiger partial charge in [0.25, 0.3) is 0 Å². The smallest absolute Gasteiger partial charge is 0.336 e. The summed E-state index contributed by atoms with van der Waals surface area (Å²) in [5.74, 6) is -0.162. The van der Waals surface area contributed by atoms with E-state index in [0.29, 0.717) is 5.56 Å². The highest BCUT2D eigenvalue weighted by Gasteiger charge is 2.11. The lowest BCUT2D eigenvalue weighted by molar-refractivity contribution is 0.0697. The number of hydrogen-bond acceptors (Lipinski definition) is 3. The molecule has 104 valence electrons. The van der Waals surface area contributed by atoms with Crippen LogP contribution in [0.2, 0.25) is 0 Å². The third-order valence-corrected chi connectivity index (χ3v) is 3.41. The minimum absolute atomic E-state index is 0.248. The monoisotopic (exact) mass is 279 g/mol. The summed E-state index contributed by atoms with van der Waals surface area (Å²) in [6, 6.07) is 13.1. The summed E-state index contributed by atoms with van der Waals surface area (Å²) >= 11 is 0. The fraction of sp³-hybridized carbons (Fsp3) is 0.0588. The Balaban J connectivity index is 2.16. The first-order valence-electron chi connectivity index (χ1n) is 6.44. The number of pyridine rings is 1. The summed E-state index contributed by atoms with van der Waals surface area (Å²) in [7, 11) is 1.63. The predicted molar refractivity (Wildman–Crippen MR) is 80.7 cm³/mol. The van der Waals surface area contributed by atoms with Crippen molar-refractivity contribution in [2.24, 2.45) is 0 Å². The fourth-order valence-electron chi connectivity index (χ4n) is 2.33. The molecule has 1 N–H and O–H groups in total. The maximum Gasteiger partial charge on any atom is 0.336 e. The number of rotatable bonds is 3. The highest BCUT2D eigenvalue weighted by Crippen LogP contribution is 2.28. The number of ether oxygens (including phenoxy) is 1. The highest BCUT2D eigenvalue weighted by atomic mass is 16.5. The quantitative estimate of drug-likeness (QED) is 0.795. The van der Waals surface area contributed by atoms with E-state index in [0.717, 1.165) is 22.1 Å². The number of benzene rings is 2. The van der Waals surface area contributed by atoms with Gasteiger partial charge in [0.05, 0.1) is 12.7 Å². The van der Waals surface area contributed by atoms with Crippen molar-refractivity contribution < 1.29 is 14.6 Å². The van der Waals surface area contributed by atoms with Gasteiger partial charge in [0.15, 0.2) is 0 Å². The first kappa shape index (κ1) is 13.1. The Labute approximate surface area is 121 Å². The summed E-state index contributed by atoms with van der Waals surface area (Å²) in [4.78, 5) is 15.3. The molecule has 4 nitrogen and oxygen atoms in total. The number of aromatic nitrogens is 1. The van der Waals surface area contributed by atoms with Gasteiger partial charge in [0.2, 0.25) is 0 Å². The van der Waals surface area contributed by atoms with Gasteiger partial charge in [-0.05, 0) is 40.6 Å². The molecule has 0 aliphatic rings. The van der Waals surface area contributed by atoms with E-state index in [1.807, 2.05) is 36.4 Å². The molecule has 3 rings (SSSR count). The average molecular weight is 279 g/mol. The lowest BCUT2D eigenvalue weighted by Gasteiger charge is -2.08. The van der Waals surface area contributed by atoms with Crippen LogP contribution < -0.4 is 4.74 Å². The van der Waals surface area contributed by atoms with Crippen LogP contribution >= 0.6 is 0 Å². The Morgan fingerprint density at radius 3 is 2.62 bits per heavy atom. The van der Waals surface area contributed by atoms with Gasteiger partial charge in [-0.3, -0.25) is 4.98 Å². The molecule has 0 saturated heterocycles. The molecule has 0 bridgehead atoms. The van der Waals surface area contributed by atoms with Crippen molar-refractivity contribution in [2.75, 3.05) is 7.11 Å². The zero-order valence-corrected chi connectivity index (χ0v) is 11.4. The molecule has 1 aromatic heterocycles. The SMILES string of the molecule is COc1ccc2cc(-c3cnccc3C(=O)O)ccc2c1. The third kappa shape index (κ3) is 2.43. The van der Waals surface area contributed by atoms with Gasteiger partial charge in [-0.25, -0.2) is 4.79 Å². The largest absolute Gasteiger partial charge is 0.497 e. The molecule has 0 radical (unpaired) electrons. The Bertz CT molecular complexity index is 827. The van der Waals surface area contributed by atoms with Crippen LogP contribution in [-0.2, 0) is 0 Å².